The Balaban J connectivity index is 1.41. The van der Waals surface area contributed by atoms with Gasteiger partial charge in [0.1, 0.15) is 122 Å². The maximum absolute atomic E-state index is 12.4. The smallest absolute Gasteiger partial charge is 0.217 e. The van der Waals surface area contributed by atoms with Crippen LogP contribution in [0.1, 0.15) is 13.8 Å². The van der Waals surface area contributed by atoms with Crippen LogP contribution in [0, 0.1) is 0 Å². The fourth-order valence-electron chi connectivity index (χ4n) is 7.82. The standard InChI is InChI=1S/C34H58N2O26/c1-8(42)35-15-20(47)26(59-33-24(51)22(49)17(44)10(3-37)55-33)13(6-40)57-31(15)61-28-19(46)12(5-39)54-30(53)29(28)62-32-16(36-9(2)43)21(48)27(14(7-41)58-32)60-34-25(52)23(50)18(45)11(4-38)56-34/h10-34,37-41,44-53H,3-7H2,1-2H3,(H,35,42)(H,36,43)/t10-,11-,12-,13-,14-,15-,16-,17+,18+,19+,20-,21-,22+,23+,24-,25-,26-,27-,28+,29-,30-,31+,32+,33+,34+/m1/s1. The van der Waals surface area contributed by atoms with Crippen molar-refractivity contribution in [1.29, 1.82) is 0 Å². The van der Waals surface area contributed by atoms with Gasteiger partial charge in [0.2, 0.25) is 11.8 Å². The van der Waals surface area contributed by atoms with Gasteiger partial charge in [0.25, 0.3) is 0 Å². The molecule has 0 spiro atoms. The first kappa shape index (κ1) is 51.0. The van der Waals surface area contributed by atoms with Crippen molar-refractivity contribution in [2.45, 2.75) is 167 Å². The summed E-state index contributed by atoms with van der Waals surface area (Å²) in [5.41, 5.74) is 0. The minimum Gasteiger partial charge on any atom is -0.394 e. The Labute approximate surface area is 351 Å². The number of ether oxygens (including phenoxy) is 9. The predicted octanol–water partition coefficient (Wildman–Crippen LogP) is -11.6. The van der Waals surface area contributed by atoms with Crippen LogP contribution in [0.15, 0.2) is 0 Å². The molecule has 28 nitrogen and oxygen atoms in total. The second-order valence-electron chi connectivity index (χ2n) is 15.4. The number of nitrogens with one attached hydrogen (secondary N) is 2. The van der Waals surface area contributed by atoms with E-state index < -0.39 is 198 Å². The van der Waals surface area contributed by atoms with Gasteiger partial charge in [0.15, 0.2) is 31.5 Å². The van der Waals surface area contributed by atoms with Crippen molar-refractivity contribution < 1.29 is 129 Å². The van der Waals surface area contributed by atoms with E-state index in [2.05, 4.69) is 10.6 Å². The number of aliphatic hydroxyl groups is 15. The summed E-state index contributed by atoms with van der Waals surface area (Å²) in [6.45, 7) is -2.54. The lowest BCUT2D eigenvalue weighted by atomic mass is 9.94. The Morgan fingerprint density at radius 1 is 0.387 bits per heavy atom. The van der Waals surface area contributed by atoms with Crippen LogP contribution >= 0.6 is 0 Å². The van der Waals surface area contributed by atoms with Crippen LogP contribution in [-0.2, 0) is 52.2 Å². The highest BCUT2D eigenvalue weighted by Crippen LogP contribution is 2.36. The molecule has 17 N–H and O–H groups in total. The molecule has 0 radical (unpaired) electrons. The summed E-state index contributed by atoms with van der Waals surface area (Å²) in [6.07, 6.45) is -42.2. The van der Waals surface area contributed by atoms with Crippen molar-refractivity contribution in [3.63, 3.8) is 0 Å². The van der Waals surface area contributed by atoms with Crippen molar-refractivity contribution in [1.82, 2.24) is 10.6 Å². The number of aliphatic hydroxyl groups excluding tert-OH is 15. The minimum absolute atomic E-state index is 0.813. The zero-order chi connectivity index (χ0) is 45.9. The largest absolute Gasteiger partial charge is 0.394 e. The molecule has 5 aliphatic rings. The highest BCUT2D eigenvalue weighted by atomic mass is 16.8. The zero-order valence-corrected chi connectivity index (χ0v) is 33.2. The quantitative estimate of drug-likeness (QED) is 0.0725. The fourth-order valence-corrected chi connectivity index (χ4v) is 7.82. The molecule has 360 valence electrons. The monoisotopic (exact) mass is 910 g/mol. The van der Waals surface area contributed by atoms with Crippen molar-refractivity contribution in [2.75, 3.05) is 33.0 Å². The fraction of sp³-hybridized carbons (Fsp3) is 0.941. The Kier molecular flexibility index (Phi) is 18.1. The summed E-state index contributed by atoms with van der Waals surface area (Å²) < 4.78 is 51.2. The van der Waals surface area contributed by atoms with Crippen molar-refractivity contribution in [2.24, 2.45) is 0 Å². The predicted molar refractivity (Wildman–Crippen MR) is 190 cm³/mol. The van der Waals surface area contributed by atoms with Gasteiger partial charge in [-0.3, -0.25) is 9.59 Å². The summed E-state index contributed by atoms with van der Waals surface area (Å²) in [5.74, 6) is -1.63. The first-order chi connectivity index (χ1) is 29.3. The molecule has 28 heteroatoms. The Hall–Kier alpha value is -2.02. The van der Waals surface area contributed by atoms with Gasteiger partial charge < -0.3 is 130 Å². The zero-order valence-electron chi connectivity index (χ0n) is 33.2. The van der Waals surface area contributed by atoms with Gasteiger partial charge in [-0.15, -0.1) is 0 Å². The van der Waals surface area contributed by atoms with Gasteiger partial charge in [0.05, 0.1) is 33.0 Å². The molecule has 0 aromatic heterocycles. The molecule has 5 aliphatic heterocycles. The Morgan fingerprint density at radius 2 is 0.710 bits per heavy atom. The summed E-state index contributed by atoms with van der Waals surface area (Å²) in [7, 11) is 0. The lowest BCUT2D eigenvalue weighted by Gasteiger charge is -2.51. The summed E-state index contributed by atoms with van der Waals surface area (Å²) in [4.78, 5) is 24.9. The number of carbonyl (C=O) groups excluding carboxylic acids is 2. The van der Waals surface area contributed by atoms with Crippen LogP contribution in [-0.4, -0.2) is 275 Å². The van der Waals surface area contributed by atoms with E-state index in [0.717, 1.165) is 13.8 Å². The summed E-state index contributed by atoms with van der Waals surface area (Å²) in [6, 6.07) is -3.44. The lowest BCUT2D eigenvalue weighted by molar-refractivity contribution is -0.387. The average Bonchev–Trinajstić information content (AvgIpc) is 3.23. The molecular formula is C34H58N2O26. The van der Waals surface area contributed by atoms with Crippen LogP contribution in [0.4, 0.5) is 0 Å². The van der Waals surface area contributed by atoms with Crippen molar-refractivity contribution in [3.8, 4) is 0 Å². The maximum Gasteiger partial charge on any atom is 0.217 e. The number of amides is 2. The second-order valence-corrected chi connectivity index (χ2v) is 15.4. The van der Waals surface area contributed by atoms with Crippen LogP contribution in [0.25, 0.3) is 0 Å². The average molecular weight is 911 g/mol. The molecule has 2 amide bonds. The third-order valence-electron chi connectivity index (χ3n) is 11.1. The van der Waals surface area contributed by atoms with Gasteiger partial charge in [0, 0.05) is 13.8 Å². The number of hydrogen-bond acceptors (Lipinski definition) is 26. The molecule has 5 fully saturated rings. The molecular weight excluding hydrogens is 852 g/mol. The molecule has 0 aliphatic carbocycles. The van der Waals surface area contributed by atoms with E-state index in [9.17, 15) is 86.2 Å². The summed E-state index contributed by atoms with van der Waals surface area (Å²) >= 11 is 0. The van der Waals surface area contributed by atoms with Crippen LogP contribution in [0.3, 0.4) is 0 Å². The van der Waals surface area contributed by atoms with Gasteiger partial charge in [-0.25, -0.2) is 0 Å². The highest BCUT2D eigenvalue weighted by Gasteiger charge is 2.57. The van der Waals surface area contributed by atoms with E-state index in [1.165, 1.54) is 0 Å². The van der Waals surface area contributed by atoms with Gasteiger partial charge in [-0.1, -0.05) is 0 Å². The van der Waals surface area contributed by atoms with Gasteiger partial charge in [-0.05, 0) is 0 Å². The molecule has 5 heterocycles. The molecule has 25 atom stereocenters. The molecule has 0 saturated carbocycles. The third kappa shape index (κ3) is 10.8. The SMILES string of the molecule is CC(=O)N[C@H]1[C@H](O[C@@H]2[C@@H](O[C@@H]3O[C@H](CO)[C@@H](O[C@@H]4O[C@H](CO)[C@H](O)[C@H](O)[C@H]4O)[C@H](O)[C@H]3NC(C)=O)[C@@H](O)[C@@H](CO)O[C@H]2O)O[C@H](CO)[C@@H](O[C@@H]2O[C@H](CO)[C@H](O)[C@H](O)[C@H]2O)[C@@H]1O. The first-order valence-corrected chi connectivity index (χ1v) is 19.6. The molecule has 5 rings (SSSR count). The molecule has 0 aromatic carbocycles. The number of carbonyl (C=O) groups is 2. The maximum atomic E-state index is 12.4. The van der Waals surface area contributed by atoms with Crippen molar-refractivity contribution >= 4 is 11.8 Å². The highest BCUT2D eigenvalue weighted by molar-refractivity contribution is 5.73. The second kappa shape index (κ2) is 22.0. The lowest BCUT2D eigenvalue weighted by Crippen LogP contribution is -2.71. The van der Waals surface area contributed by atoms with Gasteiger partial charge >= 0.3 is 0 Å². The van der Waals surface area contributed by atoms with Gasteiger partial charge in [-0.2, -0.15) is 0 Å². The van der Waals surface area contributed by atoms with E-state index in [1.54, 1.807) is 0 Å². The Bertz CT molecular complexity index is 1440. The van der Waals surface area contributed by atoms with E-state index in [0.29, 0.717) is 0 Å². The Morgan fingerprint density at radius 3 is 1.06 bits per heavy atom. The molecule has 0 bridgehead atoms. The minimum atomic E-state index is -2.17. The van der Waals surface area contributed by atoms with Crippen molar-refractivity contribution in [3.05, 3.63) is 0 Å². The number of hydrogen-bond donors (Lipinski definition) is 17. The van der Waals surface area contributed by atoms with E-state index in [1.807, 2.05) is 0 Å². The first-order valence-electron chi connectivity index (χ1n) is 19.6. The normalized spacial score (nSPS) is 49.0. The molecule has 5 saturated heterocycles. The van der Waals surface area contributed by atoms with Crippen LogP contribution in [0.5, 0.6) is 0 Å². The molecule has 0 aromatic rings. The van der Waals surface area contributed by atoms with Crippen LogP contribution < -0.4 is 10.6 Å². The summed E-state index contributed by atoms with van der Waals surface area (Å²) in [5, 5.41) is 162. The van der Waals surface area contributed by atoms with Crippen LogP contribution in [0.2, 0.25) is 0 Å². The third-order valence-corrected chi connectivity index (χ3v) is 11.1. The molecule has 62 heavy (non-hydrogen) atoms. The van der Waals surface area contributed by atoms with E-state index >= 15 is 0 Å². The van der Waals surface area contributed by atoms with E-state index in [4.69, 9.17) is 42.6 Å². The topological polar surface area (TPSA) is 445 Å². The van der Waals surface area contributed by atoms with E-state index in [-0.39, 0.29) is 0 Å². The number of rotatable bonds is 15. The molecule has 0 unspecified atom stereocenters.